The van der Waals surface area contributed by atoms with Crippen molar-refractivity contribution in [2.45, 2.75) is 51.7 Å². The van der Waals surface area contributed by atoms with Crippen LogP contribution in [0.25, 0.3) is 0 Å². The molecule has 0 unspecified atom stereocenters. The Kier molecular flexibility index (Phi) is 3.82. The van der Waals surface area contributed by atoms with Crippen LogP contribution in [-0.4, -0.2) is 22.0 Å². The van der Waals surface area contributed by atoms with Gasteiger partial charge in [0.2, 0.25) is 0 Å². The highest BCUT2D eigenvalue weighted by Gasteiger charge is 2.24. The van der Waals surface area contributed by atoms with Crippen LogP contribution in [0.15, 0.2) is 18.3 Å². The second kappa shape index (κ2) is 5.15. The summed E-state index contributed by atoms with van der Waals surface area (Å²) in [5.41, 5.74) is 1.25. The second-order valence-corrected chi connectivity index (χ2v) is 5.18. The topological polar surface area (TPSA) is 16.1 Å². The third-order valence-electron chi connectivity index (χ3n) is 3.53. The average Bonchev–Trinajstić information content (AvgIpc) is 2.26. The molecule has 2 heterocycles. The van der Waals surface area contributed by atoms with E-state index < -0.39 is 0 Å². The van der Waals surface area contributed by atoms with Crippen molar-refractivity contribution in [2.24, 2.45) is 0 Å². The number of aromatic nitrogens is 1. The van der Waals surface area contributed by atoms with Crippen molar-refractivity contribution in [3.63, 3.8) is 0 Å². The lowest BCUT2D eigenvalue weighted by molar-refractivity contribution is 0.0952. The van der Waals surface area contributed by atoms with Crippen molar-refractivity contribution in [1.29, 1.82) is 0 Å². The zero-order chi connectivity index (χ0) is 11.5. The summed E-state index contributed by atoms with van der Waals surface area (Å²) in [7, 11) is 0. The Morgan fingerprint density at radius 1 is 1.31 bits per heavy atom. The lowest BCUT2D eigenvalue weighted by Gasteiger charge is -2.39. The third kappa shape index (κ3) is 2.74. The van der Waals surface area contributed by atoms with Crippen molar-refractivity contribution < 1.29 is 0 Å². The minimum Gasteiger partial charge on any atom is -0.294 e. The summed E-state index contributed by atoms with van der Waals surface area (Å²) in [5, 5.41) is 0.573. The molecule has 0 radical (unpaired) electrons. The normalized spacial score (nSPS) is 26.9. The van der Waals surface area contributed by atoms with Gasteiger partial charge in [0.1, 0.15) is 5.15 Å². The zero-order valence-corrected chi connectivity index (χ0v) is 10.7. The maximum Gasteiger partial charge on any atom is 0.129 e. The highest BCUT2D eigenvalue weighted by Crippen LogP contribution is 2.24. The van der Waals surface area contributed by atoms with Gasteiger partial charge in [0.25, 0.3) is 0 Å². The summed E-state index contributed by atoms with van der Waals surface area (Å²) >= 11 is 5.79. The van der Waals surface area contributed by atoms with E-state index in [1.807, 2.05) is 12.3 Å². The molecule has 1 aliphatic heterocycles. The first-order valence-corrected chi connectivity index (χ1v) is 6.41. The number of nitrogens with zero attached hydrogens (tertiary/aromatic N) is 2. The molecule has 16 heavy (non-hydrogen) atoms. The van der Waals surface area contributed by atoms with E-state index in [2.05, 4.69) is 29.8 Å². The molecule has 0 amide bonds. The number of piperidine rings is 1. The summed E-state index contributed by atoms with van der Waals surface area (Å²) in [4.78, 5) is 6.70. The Bertz CT molecular complexity index is 326. The quantitative estimate of drug-likeness (QED) is 0.734. The Labute approximate surface area is 103 Å². The molecule has 1 saturated heterocycles. The van der Waals surface area contributed by atoms with Gasteiger partial charge in [0.05, 0.1) is 0 Å². The molecule has 2 nitrogen and oxygen atoms in total. The van der Waals surface area contributed by atoms with Crippen LogP contribution in [0.1, 0.15) is 38.7 Å². The van der Waals surface area contributed by atoms with Gasteiger partial charge in [0.15, 0.2) is 0 Å². The summed E-state index contributed by atoms with van der Waals surface area (Å²) in [6.45, 7) is 5.63. The first-order valence-electron chi connectivity index (χ1n) is 6.03. The lowest BCUT2D eigenvalue weighted by atomic mass is 9.97. The van der Waals surface area contributed by atoms with Crippen LogP contribution in [0.5, 0.6) is 0 Å². The third-order valence-corrected chi connectivity index (χ3v) is 3.75. The molecular weight excluding hydrogens is 220 g/mol. The van der Waals surface area contributed by atoms with E-state index in [4.69, 9.17) is 11.6 Å². The smallest absolute Gasteiger partial charge is 0.129 e. The number of halogens is 1. The number of hydrogen-bond acceptors (Lipinski definition) is 2. The first-order chi connectivity index (χ1) is 7.66. The molecular formula is C13H19ClN2. The average molecular weight is 239 g/mol. The van der Waals surface area contributed by atoms with Crippen molar-refractivity contribution in [3.05, 3.63) is 29.0 Å². The number of pyridine rings is 1. The fourth-order valence-electron chi connectivity index (χ4n) is 2.50. The van der Waals surface area contributed by atoms with E-state index in [9.17, 15) is 0 Å². The van der Waals surface area contributed by atoms with Gasteiger partial charge in [-0.05, 0) is 38.3 Å². The van der Waals surface area contributed by atoms with Crippen LogP contribution in [0.2, 0.25) is 5.15 Å². The fraction of sp³-hybridized carbons (Fsp3) is 0.615. The van der Waals surface area contributed by atoms with E-state index >= 15 is 0 Å². The molecule has 0 spiro atoms. The molecule has 0 N–H and O–H groups in total. The predicted octanol–water partition coefficient (Wildman–Crippen LogP) is 3.50. The number of rotatable bonds is 2. The standard InChI is InChI=1S/C13H19ClN2/c1-10-4-3-5-11(2)16(10)9-12-6-7-13(14)15-8-12/h6-8,10-11H,3-5,9H2,1-2H3/t10-,11+. The van der Waals surface area contributed by atoms with Gasteiger partial charge >= 0.3 is 0 Å². The van der Waals surface area contributed by atoms with E-state index in [1.165, 1.54) is 24.8 Å². The maximum absolute atomic E-state index is 5.79. The van der Waals surface area contributed by atoms with Gasteiger partial charge in [-0.15, -0.1) is 0 Å². The molecule has 1 aromatic heterocycles. The van der Waals surface area contributed by atoms with Crippen LogP contribution < -0.4 is 0 Å². The fourth-order valence-corrected chi connectivity index (χ4v) is 2.61. The van der Waals surface area contributed by atoms with E-state index in [-0.39, 0.29) is 0 Å². The molecule has 1 fully saturated rings. The molecule has 3 heteroatoms. The molecule has 1 aromatic rings. The minimum atomic E-state index is 0.573. The molecule has 0 aromatic carbocycles. The maximum atomic E-state index is 5.79. The van der Waals surface area contributed by atoms with E-state index in [0.717, 1.165) is 6.54 Å². The second-order valence-electron chi connectivity index (χ2n) is 4.79. The monoisotopic (exact) mass is 238 g/mol. The number of likely N-dealkylation sites (tertiary alicyclic amines) is 1. The minimum absolute atomic E-state index is 0.573. The van der Waals surface area contributed by atoms with Crippen LogP contribution >= 0.6 is 11.6 Å². The van der Waals surface area contributed by atoms with E-state index in [1.54, 1.807) is 0 Å². The highest BCUT2D eigenvalue weighted by molar-refractivity contribution is 6.29. The summed E-state index contributed by atoms with van der Waals surface area (Å²) in [5.74, 6) is 0. The van der Waals surface area contributed by atoms with Crippen molar-refractivity contribution in [3.8, 4) is 0 Å². The van der Waals surface area contributed by atoms with Crippen molar-refractivity contribution >= 4 is 11.6 Å². The SMILES string of the molecule is C[C@@H]1CCC[C@H](C)N1Cc1ccc(Cl)nc1. The molecule has 0 aliphatic carbocycles. The molecule has 0 saturated carbocycles. The molecule has 2 atom stereocenters. The molecule has 88 valence electrons. The Balaban J connectivity index is 2.04. The predicted molar refractivity (Wildman–Crippen MR) is 67.6 cm³/mol. The van der Waals surface area contributed by atoms with Gasteiger partial charge in [-0.2, -0.15) is 0 Å². The van der Waals surface area contributed by atoms with Crippen LogP contribution in [0, 0.1) is 0 Å². The van der Waals surface area contributed by atoms with Gasteiger partial charge in [-0.1, -0.05) is 24.1 Å². The Morgan fingerprint density at radius 3 is 2.56 bits per heavy atom. The summed E-state index contributed by atoms with van der Waals surface area (Å²) in [6.07, 6.45) is 5.87. The van der Waals surface area contributed by atoms with E-state index in [0.29, 0.717) is 17.2 Å². The first kappa shape index (κ1) is 11.9. The van der Waals surface area contributed by atoms with Crippen LogP contribution in [0.3, 0.4) is 0 Å². The molecule has 1 aliphatic rings. The van der Waals surface area contributed by atoms with Crippen LogP contribution in [-0.2, 0) is 6.54 Å². The van der Waals surface area contributed by atoms with Gasteiger partial charge in [-0.3, -0.25) is 4.90 Å². The highest BCUT2D eigenvalue weighted by atomic mass is 35.5. The van der Waals surface area contributed by atoms with Crippen LogP contribution in [0.4, 0.5) is 0 Å². The van der Waals surface area contributed by atoms with Gasteiger partial charge in [0, 0.05) is 24.8 Å². The zero-order valence-electron chi connectivity index (χ0n) is 9.99. The summed E-state index contributed by atoms with van der Waals surface area (Å²) < 4.78 is 0. The Morgan fingerprint density at radius 2 is 2.00 bits per heavy atom. The van der Waals surface area contributed by atoms with Crippen molar-refractivity contribution in [1.82, 2.24) is 9.88 Å². The van der Waals surface area contributed by atoms with Gasteiger partial charge in [-0.25, -0.2) is 4.98 Å². The summed E-state index contributed by atoms with van der Waals surface area (Å²) in [6, 6.07) is 5.30. The largest absolute Gasteiger partial charge is 0.294 e. The molecule has 2 rings (SSSR count). The molecule has 0 bridgehead atoms. The Hall–Kier alpha value is -0.600. The number of hydrogen-bond donors (Lipinski definition) is 0. The lowest BCUT2D eigenvalue weighted by Crippen LogP contribution is -2.42. The van der Waals surface area contributed by atoms with Gasteiger partial charge < -0.3 is 0 Å². The van der Waals surface area contributed by atoms with Crippen molar-refractivity contribution in [2.75, 3.05) is 0 Å².